The van der Waals surface area contributed by atoms with Crippen molar-refractivity contribution >= 4 is 29.1 Å². The maximum atomic E-state index is 13.1. The minimum absolute atomic E-state index is 0.0356. The van der Waals surface area contributed by atoms with Gasteiger partial charge in [-0.15, -0.1) is 0 Å². The molecule has 0 spiro atoms. The standard InChI is InChI=1S/C18H17ClFNO4/c1-8-15(10(3)22)9(2)21-16(8)17(23)11(4)25-18(24)13-6-5-12(20)7-14(13)19/h5-7,11,21H,1-4H3/t11-/m0/s1. The number of ketones is 2. The highest BCUT2D eigenvalue weighted by Gasteiger charge is 2.26. The molecule has 0 aliphatic rings. The highest BCUT2D eigenvalue weighted by Crippen LogP contribution is 2.22. The molecule has 1 heterocycles. The third-order valence-corrected chi connectivity index (χ3v) is 4.15. The van der Waals surface area contributed by atoms with Crippen molar-refractivity contribution in [2.24, 2.45) is 0 Å². The molecule has 7 heteroatoms. The van der Waals surface area contributed by atoms with Gasteiger partial charge in [0, 0.05) is 11.3 Å². The number of aromatic nitrogens is 1. The molecule has 1 N–H and O–H groups in total. The zero-order chi connectivity index (χ0) is 18.9. The molecular weight excluding hydrogens is 349 g/mol. The first-order valence-electron chi connectivity index (χ1n) is 7.53. The number of hydrogen-bond donors (Lipinski definition) is 1. The van der Waals surface area contributed by atoms with E-state index in [9.17, 15) is 18.8 Å². The van der Waals surface area contributed by atoms with Crippen molar-refractivity contribution < 1.29 is 23.5 Å². The van der Waals surface area contributed by atoms with Crippen LogP contribution in [0.3, 0.4) is 0 Å². The van der Waals surface area contributed by atoms with Crippen LogP contribution in [0.15, 0.2) is 18.2 Å². The van der Waals surface area contributed by atoms with E-state index in [0.717, 1.165) is 12.1 Å². The molecule has 0 aliphatic carbocycles. The lowest BCUT2D eigenvalue weighted by molar-refractivity contribution is 0.0317. The van der Waals surface area contributed by atoms with Gasteiger partial charge < -0.3 is 9.72 Å². The first-order valence-corrected chi connectivity index (χ1v) is 7.91. The fourth-order valence-electron chi connectivity index (χ4n) is 2.66. The Balaban J connectivity index is 2.22. The van der Waals surface area contributed by atoms with Crippen molar-refractivity contribution in [1.82, 2.24) is 4.98 Å². The lowest BCUT2D eigenvalue weighted by atomic mass is 10.0. The molecule has 0 saturated heterocycles. The normalized spacial score (nSPS) is 11.9. The van der Waals surface area contributed by atoms with E-state index in [-0.39, 0.29) is 22.1 Å². The van der Waals surface area contributed by atoms with Gasteiger partial charge in [-0.1, -0.05) is 11.6 Å². The van der Waals surface area contributed by atoms with Crippen LogP contribution in [0.2, 0.25) is 5.02 Å². The van der Waals surface area contributed by atoms with Crippen molar-refractivity contribution in [1.29, 1.82) is 0 Å². The van der Waals surface area contributed by atoms with Crippen molar-refractivity contribution in [3.05, 3.63) is 57.1 Å². The smallest absolute Gasteiger partial charge is 0.340 e. The second-order valence-corrected chi connectivity index (χ2v) is 6.12. The largest absolute Gasteiger partial charge is 0.451 e. The molecule has 1 aromatic heterocycles. The summed E-state index contributed by atoms with van der Waals surface area (Å²) in [5, 5.41) is -0.101. The van der Waals surface area contributed by atoms with Crippen LogP contribution in [0, 0.1) is 19.7 Å². The van der Waals surface area contributed by atoms with Gasteiger partial charge in [0.15, 0.2) is 11.9 Å². The van der Waals surface area contributed by atoms with Gasteiger partial charge in [-0.2, -0.15) is 0 Å². The van der Waals surface area contributed by atoms with Gasteiger partial charge in [0.2, 0.25) is 5.78 Å². The monoisotopic (exact) mass is 365 g/mol. The Morgan fingerprint density at radius 1 is 1.24 bits per heavy atom. The number of Topliss-reactive ketones (excluding diaryl/α,β-unsaturated/α-hetero) is 2. The predicted molar refractivity (Wildman–Crippen MR) is 90.9 cm³/mol. The van der Waals surface area contributed by atoms with Crippen LogP contribution in [-0.4, -0.2) is 28.6 Å². The number of aromatic amines is 1. The van der Waals surface area contributed by atoms with Crippen LogP contribution >= 0.6 is 11.6 Å². The lowest BCUT2D eigenvalue weighted by Gasteiger charge is -2.13. The van der Waals surface area contributed by atoms with Gasteiger partial charge in [-0.05, 0) is 51.5 Å². The molecule has 2 rings (SSSR count). The molecule has 5 nitrogen and oxygen atoms in total. The first kappa shape index (κ1) is 18.9. The average Bonchev–Trinajstić information content (AvgIpc) is 2.80. The van der Waals surface area contributed by atoms with Gasteiger partial charge in [0.1, 0.15) is 5.82 Å². The molecule has 25 heavy (non-hydrogen) atoms. The third kappa shape index (κ3) is 3.79. The summed E-state index contributed by atoms with van der Waals surface area (Å²) >= 11 is 5.82. The molecule has 0 fully saturated rings. The molecule has 1 aromatic carbocycles. The molecule has 0 amide bonds. The Hall–Kier alpha value is -2.47. The number of rotatable bonds is 5. The van der Waals surface area contributed by atoms with Crippen LogP contribution in [0.4, 0.5) is 4.39 Å². The topological polar surface area (TPSA) is 76.2 Å². The van der Waals surface area contributed by atoms with E-state index >= 15 is 0 Å². The van der Waals surface area contributed by atoms with Gasteiger partial charge in [-0.25, -0.2) is 9.18 Å². The van der Waals surface area contributed by atoms with Crippen LogP contribution < -0.4 is 0 Å². The van der Waals surface area contributed by atoms with Crippen LogP contribution in [0.25, 0.3) is 0 Å². The van der Waals surface area contributed by atoms with E-state index < -0.39 is 23.7 Å². The number of halogens is 2. The fraction of sp³-hybridized carbons (Fsp3) is 0.278. The predicted octanol–water partition coefficient (Wildman–Crippen LogP) is 4.05. The van der Waals surface area contributed by atoms with Crippen LogP contribution in [0.1, 0.15) is 56.3 Å². The van der Waals surface area contributed by atoms with E-state index in [0.29, 0.717) is 16.8 Å². The fourth-order valence-corrected chi connectivity index (χ4v) is 2.90. The summed E-state index contributed by atoms with van der Waals surface area (Å²) in [6, 6.07) is 3.25. The molecule has 2 aromatic rings. The van der Waals surface area contributed by atoms with Gasteiger partial charge in [0.25, 0.3) is 0 Å². The summed E-state index contributed by atoms with van der Waals surface area (Å²) in [5.41, 5.74) is 1.72. The van der Waals surface area contributed by atoms with E-state index in [2.05, 4.69) is 4.98 Å². The Morgan fingerprint density at radius 2 is 1.88 bits per heavy atom. The van der Waals surface area contributed by atoms with E-state index in [1.54, 1.807) is 13.8 Å². The van der Waals surface area contributed by atoms with Gasteiger partial charge in [0.05, 0.1) is 16.3 Å². The summed E-state index contributed by atoms with van der Waals surface area (Å²) in [5.74, 6) is -2.05. The molecule has 0 saturated carbocycles. The quantitative estimate of drug-likeness (QED) is 0.640. The number of nitrogens with one attached hydrogen (secondary N) is 1. The number of H-pyrrole nitrogens is 1. The minimum atomic E-state index is -1.11. The van der Waals surface area contributed by atoms with E-state index in [1.807, 2.05) is 0 Å². The molecule has 0 bridgehead atoms. The zero-order valence-electron chi connectivity index (χ0n) is 14.2. The van der Waals surface area contributed by atoms with Gasteiger partial charge in [-0.3, -0.25) is 9.59 Å². The summed E-state index contributed by atoms with van der Waals surface area (Å²) in [6.07, 6.45) is -1.11. The maximum absolute atomic E-state index is 13.1. The molecule has 0 aliphatic heterocycles. The summed E-state index contributed by atoms with van der Waals surface area (Å²) in [4.78, 5) is 39.2. The number of carbonyl (C=O) groups is 3. The maximum Gasteiger partial charge on any atom is 0.340 e. The van der Waals surface area contributed by atoms with E-state index in [4.69, 9.17) is 16.3 Å². The summed E-state index contributed by atoms with van der Waals surface area (Å²) in [7, 11) is 0. The third-order valence-electron chi connectivity index (χ3n) is 3.84. The van der Waals surface area contributed by atoms with Crippen molar-refractivity contribution in [3.8, 4) is 0 Å². The zero-order valence-corrected chi connectivity index (χ0v) is 15.0. The highest BCUT2D eigenvalue weighted by atomic mass is 35.5. The molecular formula is C18H17ClFNO4. The first-order chi connectivity index (χ1) is 11.6. The Labute approximate surface area is 149 Å². The van der Waals surface area contributed by atoms with Crippen molar-refractivity contribution in [2.45, 2.75) is 33.8 Å². The van der Waals surface area contributed by atoms with Crippen LogP contribution in [-0.2, 0) is 4.74 Å². The van der Waals surface area contributed by atoms with Crippen molar-refractivity contribution in [2.75, 3.05) is 0 Å². The summed E-state index contributed by atoms with van der Waals surface area (Å²) in [6.45, 7) is 6.17. The van der Waals surface area contributed by atoms with Crippen LogP contribution in [0.5, 0.6) is 0 Å². The second kappa shape index (κ2) is 7.19. The number of aryl methyl sites for hydroxylation is 1. The number of carbonyl (C=O) groups excluding carboxylic acids is 3. The Kier molecular flexibility index (Phi) is 5.42. The molecule has 1 atom stereocenters. The molecule has 132 valence electrons. The Bertz CT molecular complexity index is 872. The number of benzene rings is 1. The number of hydrogen-bond acceptors (Lipinski definition) is 4. The van der Waals surface area contributed by atoms with E-state index in [1.165, 1.54) is 19.9 Å². The average molecular weight is 366 g/mol. The summed E-state index contributed by atoms with van der Waals surface area (Å²) < 4.78 is 18.2. The number of esters is 1. The lowest BCUT2D eigenvalue weighted by Crippen LogP contribution is -2.25. The minimum Gasteiger partial charge on any atom is -0.451 e. The second-order valence-electron chi connectivity index (χ2n) is 5.72. The SMILES string of the molecule is CC(=O)c1c(C)[nH]c(C(=O)[C@H](C)OC(=O)c2ccc(F)cc2Cl)c1C. The molecule has 0 radical (unpaired) electrons. The number of ether oxygens (including phenoxy) is 1. The van der Waals surface area contributed by atoms with Crippen molar-refractivity contribution in [3.63, 3.8) is 0 Å². The van der Waals surface area contributed by atoms with Gasteiger partial charge >= 0.3 is 5.97 Å². The molecule has 0 unspecified atom stereocenters. The highest BCUT2D eigenvalue weighted by molar-refractivity contribution is 6.33. The Morgan fingerprint density at radius 3 is 2.40 bits per heavy atom.